The van der Waals surface area contributed by atoms with Gasteiger partial charge < -0.3 is 10.1 Å². The predicted molar refractivity (Wildman–Crippen MR) is 79.2 cm³/mol. The zero-order chi connectivity index (χ0) is 14.5. The Morgan fingerprint density at radius 3 is 2.50 bits per heavy atom. The van der Waals surface area contributed by atoms with Crippen LogP contribution >= 0.6 is 15.9 Å². The molecule has 0 fully saturated rings. The largest absolute Gasteiger partial charge is 0.492 e. The van der Waals surface area contributed by atoms with E-state index in [-0.39, 0.29) is 5.69 Å². The highest BCUT2D eigenvalue weighted by Gasteiger charge is 2.10. The third-order valence-electron chi connectivity index (χ3n) is 2.77. The standard InChI is InChI=1S/C15H14BrF2NO/c1-10-2-7-13(17)15(14(10)18)19-8-9-20-12-5-3-11(16)4-6-12/h2-7,19H,8-9H2,1H3. The van der Waals surface area contributed by atoms with E-state index in [2.05, 4.69) is 21.2 Å². The zero-order valence-electron chi connectivity index (χ0n) is 10.9. The van der Waals surface area contributed by atoms with Gasteiger partial charge in [0.2, 0.25) is 0 Å². The van der Waals surface area contributed by atoms with Crippen LogP contribution in [0.15, 0.2) is 40.9 Å². The van der Waals surface area contributed by atoms with Crippen molar-refractivity contribution in [1.29, 1.82) is 0 Å². The Bertz CT molecular complexity index is 587. The van der Waals surface area contributed by atoms with E-state index in [9.17, 15) is 8.78 Å². The van der Waals surface area contributed by atoms with Crippen LogP contribution in [0.5, 0.6) is 5.75 Å². The van der Waals surface area contributed by atoms with Crippen LogP contribution < -0.4 is 10.1 Å². The van der Waals surface area contributed by atoms with Gasteiger partial charge in [-0.1, -0.05) is 22.0 Å². The molecule has 0 heterocycles. The molecule has 20 heavy (non-hydrogen) atoms. The van der Waals surface area contributed by atoms with Crippen LogP contribution in [-0.4, -0.2) is 13.2 Å². The SMILES string of the molecule is Cc1ccc(F)c(NCCOc2ccc(Br)cc2)c1F. The highest BCUT2D eigenvalue weighted by Crippen LogP contribution is 2.21. The van der Waals surface area contributed by atoms with Crippen LogP contribution in [0, 0.1) is 18.6 Å². The molecule has 1 N–H and O–H groups in total. The van der Waals surface area contributed by atoms with E-state index in [0.29, 0.717) is 24.5 Å². The van der Waals surface area contributed by atoms with Crippen molar-refractivity contribution in [2.75, 3.05) is 18.5 Å². The lowest BCUT2D eigenvalue weighted by molar-refractivity contribution is 0.332. The van der Waals surface area contributed by atoms with Crippen molar-refractivity contribution in [2.45, 2.75) is 6.92 Å². The summed E-state index contributed by atoms with van der Waals surface area (Å²) in [5.74, 6) is -0.453. The van der Waals surface area contributed by atoms with Crippen LogP contribution in [0.3, 0.4) is 0 Å². The molecular weight excluding hydrogens is 328 g/mol. The summed E-state index contributed by atoms with van der Waals surface area (Å²) in [5.41, 5.74) is 0.298. The number of nitrogens with one attached hydrogen (secondary N) is 1. The number of anilines is 1. The van der Waals surface area contributed by atoms with Gasteiger partial charge in [0.05, 0.1) is 0 Å². The molecule has 0 amide bonds. The van der Waals surface area contributed by atoms with Crippen LogP contribution in [-0.2, 0) is 0 Å². The normalized spacial score (nSPS) is 10.4. The summed E-state index contributed by atoms with van der Waals surface area (Å²) in [6, 6.07) is 10.0. The maximum atomic E-state index is 13.7. The molecule has 0 aromatic heterocycles. The Kier molecular flexibility index (Phi) is 4.95. The monoisotopic (exact) mass is 341 g/mol. The molecule has 106 valence electrons. The second-order valence-corrected chi connectivity index (χ2v) is 5.20. The fourth-order valence-corrected chi connectivity index (χ4v) is 1.96. The zero-order valence-corrected chi connectivity index (χ0v) is 12.5. The molecule has 2 aromatic rings. The minimum absolute atomic E-state index is 0.107. The molecule has 5 heteroatoms. The van der Waals surface area contributed by atoms with Crippen LogP contribution in [0.1, 0.15) is 5.56 Å². The van der Waals surface area contributed by atoms with Gasteiger partial charge in [-0.3, -0.25) is 0 Å². The molecule has 2 aromatic carbocycles. The topological polar surface area (TPSA) is 21.3 Å². The van der Waals surface area contributed by atoms with Gasteiger partial charge in [0.25, 0.3) is 0 Å². The second kappa shape index (κ2) is 6.70. The van der Waals surface area contributed by atoms with Crippen molar-refractivity contribution in [3.63, 3.8) is 0 Å². The average Bonchev–Trinajstić information content (AvgIpc) is 2.44. The fraction of sp³-hybridized carbons (Fsp3) is 0.200. The lowest BCUT2D eigenvalue weighted by Gasteiger charge is -2.11. The first-order valence-corrected chi connectivity index (χ1v) is 6.94. The minimum atomic E-state index is -0.600. The molecule has 2 nitrogen and oxygen atoms in total. The van der Waals surface area contributed by atoms with Crippen molar-refractivity contribution in [2.24, 2.45) is 0 Å². The molecule has 0 aliphatic carbocycles. The number of rotatable bonds is 5. The molecule has 0 radical (unpaired) electrons. The quantitative estimate of drug-likeness (QED) is 0.807. The van der Waals surface area contributed by atoms with Crippen molar-refractivity contribution >= 4 is 21.6 Å². The second-order valence-electron chi connectivity index (χ2n) is 4.28. The lowest BCUT2D eigenvalue weighted by Crippen LogP contribution is -2.13. The summed E-state index contributed by atoms with van der Waals surface area (Å²) in [6.45, 7) is 2.22. The lowest BCUT2D eigenvalue weighted by atomic mass is 10.2. The predicted octanol–water partition coefficient (Wildman–Crippen LogP) is 4.53. The number of aryl methyl sites for hydroxylation is 1. The summed E-state index contributed by atoms with van der Waals surface area (Å²) in [7, 11) is 0. The molecular formula is C15H14BrF2NO. The van der Waals surface area contributed by atoms with E-state index in [1.165, 1.54) is 12.1 Å². The van der Waals surface area contributed by atoms with Gasteiger partial charge in [-0.2, -0.15) is 0 Å². The molecule has 0 aliphatic heterocycles. The smallest absolute Gasteiger partial charge is 0.152 e. The summed E-state index contributed by atoms with van der Waals surface area (Å²) in [5, 5.41) is 2.72. The first-order valence-electron chi connectivity index (χ1n) is 6.15. The minimum Gasteiger partial charge on any atom is -0.492 e. The Morgan fingerprint density at radius 1 is 1.10 bits per heavy atom. The van der Waals surface area contributed by atoms with E-state index in [1.807, 2.05) is 24.3 Å². The summed E-state index contributed by atoms with van der Waals surface area (Å²) < 4.78 is 33.6. The van der Waals surface area contributed by atoms with Gasteiger partial charge in [-0.05, 0) is 42.8 Å². The number of benzene rings is 2. The molecule has 0 spiro atoms. The third kappa shape index (κ3) is 3.70. The van der Waals surface area contributed by atoms with Gasteiger partial charge in [0.15, 0.2) is 5.82 Å². The molecule has 0 atom stereocenters. The molecule has 0 saturated heterocycles. The van der Waals surface area contributed by atoms with Crippen LogP contribution in [0.2, 0.25) is 0 Å². The molecule has 0 saturated carbocycles. The number of halogens is 3. The number of hydrogen-bond donors (Lipinski definition) is 1. The van der Waals surface area contributed by atoms with E-state index in [1.54, 1.807) is 6.92 Å². The van der Waals surface area contributed by atoms with E-state index >= 15 is 0 Å². The van der Waals surface area contributed by atoms with E-state index in [0.717, 1.165) is 4.47 Å². The van der Waals surface area contributed by atoms with Gasteiger partial charge >= 0.3 is 0 Å². The first-order chi connectivity index (χ1) is 9.58. The van der Waals surface area contributed by atoms with Crippen molar-refractivity contribution in [1.82, 2.24) is 0 Å². The number of ether oxygens (including phenoxy) is 1. The maximum Gasteiger partial charge on any atom is 0.152 e. The maximum absolute atomic E-state index is 13.7. The summed E-state index contributed by atoms with van der Waals surface area (Å²) in [4.78, 5) is 0. The van der Waals surface area contributed by atoms with Crippen molar-refractivity contribution < 1.29 is 13.5 Å². The van der Waals surface area contributed by atoms with Gasteiger partial charge in [0, 0.05) is 11.0 Å². The Labute approximate surface area is 124 Å². The Balaban J connectivity index is 1.87. The summed E-state index contributed by atoms with van der Waals surface area (Å²) in [6.07, 6.45) is 0. The van der Waals surface area contributed by atoms with E-state index < -0.39 is 11.6 Å². The van der Waals surface area contributed by atoms with Crippen molar-refractivity contribution in [3.8, 4) is 5.75 Å². The molecule has 0 unspecified atom stereocenters. The summed E-state index contributed by atoms with van der Waals surface area (Å²) >= 11 is 3.33. The van der Waals surface area contributed by atoms with Gasteiger partial charge in [-0.15, -0.1) is 0 Å². The van der Waals surface area contributed by atoms with Crippen molar-refractivity contribution in [3.05, 3.63) is 58.1 Å². The van der Waals surface area contributed by atoms with Gasteiger partial charge in [-0.25, -0.2) is 8.78 Å². The van der Waals surface area contributed by atoms with Crippen LogP contribution in [0.25, 0.3) is 0 Å². The number of hydrogen-bond acceptors (Lipinski definition) is 2. The highest BCUT2D eigenvalue weighted by atomic mass is 79.9. The molecule has 2 rings (SSSR count). The highest BCUT2D eigenvalue weighted by molar-refractivity contribution is 9.10. The first kappa shape index (κ1) is 14.8. The Morgan fingerprint density at radius 2 is 1.80 bits per heavy atom. The fourth-order valence-electron chi connectivity index (χ4n) is 1.69. The van der Waals surface area contributed by atoms with Gasteiger partial charge in [0.1, 0.15) is 23.9 Å². The molecule has 0 aliphatic rings. The Hall–Kier alpha value is -1.62. The average molecular weight is 342 g/mol. The third-order valence-corrected chi connectivity index (χ3v) is 3.30. The molecule has 0 bridgehead atoms. The van der Waals surface area contributed by atoms with E-state index in [4.69, 9.17) is 4.74 Å². The van der Waals surface area contributed by atoms with Crippen LogP contribution in [0.4, 0.5) is 14.5 Å².